The van der Waals surface area contributed by atoms with E-state index in [0.717, 1.165) is 12.8 Å². The van der Waals surface area contributed by atoms with Crippen LogP contribution in [0.15, 0.2) is 35.5 Å². The molecule has 1 fully saturated rings. The number of amidine groups is 1. The number of carbonyl (C=O) groups excluding carboxylic acids is 1. The van der Waals surface area contributed by atoms with Crippen LogP contribution >= 0.6 is 0 Å². The molecule has 5 nitrogen and oxygen atoms in total. The molecule has 4 N–H and O–H groups in total. The van der Waals surface area contributed by atoms with Gasteiger partial charge in [0.1, 0.15) is 0 Å². The molecule has 3 atom stereocenters. The Morgan fingerprint density at radius 1 is 1.50 bits per heavy atom. The van der Waals surface area contributed by atoms with Crippen LogP contribution in [-0.4, -0.2) is 23.0 Å². The average molecular weight is 275 g/mol. The van der Waals surface area contributed by atoms with Gasteiger partial charge < -0.3 is 16.3 Å². The number of hydrogen-bond acceptors (Lipinski definition) is 3. The van der Waals surface area contributed by atoms with E-state index in [4.69, 9.17) is 10.9 Å². The Kier molecular flexibility index (Phi) is 4.61. The molecule has 1 amide bonds. The Morgan fingerprint density at radius 3 is 2.80 bits per heavy atom. The Hall–Kier alpha value is -2.04. The summed E-state index contributed by atoms with van der Waals surface area (Å²) in [7, 11) is 0. The highest BCUT2D eigenvalue weighted by Crippen LogP contribution is 2.40. The minimum absolute atomic E-state index is 0.0127. The highest BCUT2D eigenvalue weighted by atomic mass is 16.4. The molecular weight excluding hydrogens is 254 g/mol. The lowest BCUT2D eigenvalue weighted by Gasteiger charge is -2.14. The molecule has 0 radical (unpaired) electrons. The fourth-order valence-electron chi connectivity index (χ4n) is 2.48. The van der Waals surface area contributed by atoms with Gasteiger partial charge in [-0.2, -0.15) is 0 Å². The Balaban J connectivity index is 1.92. The lowest BCUT2D eigenvalue weighted by molar-refractivity contribution is -0.123. The van der Waals surface area contributed by atoms with Gasteiger partial charge in [0.25, 0.3) is 0 Å². The topological polar surface area (TPSA) is 87.7 Å². The van der Waals surface area contributed by atoms with Crippen molar-refractivity contribution in [3.63, 3.8) is 0 Å². The number of benzene rings is 1. The van der Waals surface area contributed by atoms with Gasteiger partial charge in [0.05, 0.1) is 5.92 Å². The van der Waals surface area contributed by atoms with E-state index in [1.165, 1.54) is 5.56 Å². The summed E-state index contributed by atoms with van der Waals surface area (Å²) in [6, 6.07) is 10.3. The molecule has 1 saturated carbocycles. The third kappa shape index (κ3) is 3.29. The standard InChI is InChI=1S/C15H21N3O2/c1-2-6-11(14(16)18-20)15(19)17-13-9-12(13)10-7-4-3-5-8-10/h3-5,7-8,11-13,20H,2,6,9H2,1H3,(H2,16,18)(H,17,19). The van der Waals surface area contributed by atoms with Gasteiger partial charge in [-0.25, -0.2) is 0 Å². The first-order valence-corrected chi connectivity index (χ1v) is 7.00. The van der Waals surface area contributed by atoms with Crippen LogP contribution in [0.1, 0.15) is 37.7 Å². The van der Waals surface area contributed by atoms with Crippen LogP contribution in [0.3, 0.4) is 0 Å². The van der Waals surface area contributed by atoms with E-state index in [-0.39, 0.29) is 17.8 Å². The number of nitrogens with two attached hydrogens (primary N) is 1. The quantitative estimate of drug-likeness (QED) is 0.320. The van der Waals surface area contributed by atoms with Crippen molar-refractivity contribution in [2.45, 2.75) is 38.1 Å². The summed E-state index contributed by atoms with van der Waals surface area (Å²) in [6.45, 7) is 1.97. The molecule has 1 aromatic rings. The minimum Gasteiger partial charge on any atom is -0.409 e. The first-order chi connectivity index (χ1) is 9.67. The third-order valence-electron chi connectivity index (χ3n) is 3.71. The highest BCUT2D eigenvalue weighted by molar-refractivity contribution is 6.02. The van der Waals surface area contributed by atoms with Gasteiger partial charge in [-0.05, 0) is 18.4 Å². The number of amides is 1. The molecule has 1 aliphatic rings. The number of rotatable bonds is 6. The van der Waals surface area contributed by atoms with E-state index < -0.39 is 5.92 Å². The lowest BCUT2D eigenvalue weighted by atomic mass is 10.0. The second kappa shape index (κ2) is 6.41. The summed E-state index contributed by atoms with van der Waals surface area (Å²) in [4.78, 5) is 12.2. The molecule has 1 aliphatic carbocycles. The van der Waals surface area contributed by atoms with E-state index in [1.54, 1.807) is 0 Å². The summed E-state index contributed by atoms with van der Waals surface area (Å²) >= 11 is 0. The van der Waals surface area contributed by atoms with Gasteiger partial charge in [-0.3, -0.25) is 4.79 Å². The SMILES string of the molecule is CCCC(C(=O)NC1CC1c1ccccc1)C(N)=NO. The van der Waals surface area contributed by atoms with Gasteiger partial charge in [0, 0.05) is 12.0 Å². The van der Waals surface area contributed by atoms with E-state index >= 15 is 0 Å². The van der Waals surface area contributed by atoms with Crippen molar-refractivity contribution < 1.29 is 10.0 Å². The van der Waals surface area contributed by atoms with Crippen LogP contribution in [0.5, 0.6) is 0 Å². The van der Waals surface area contributed by atoms with Crippen LogP contribution in [0.2, 0.25) is 0 Å². The highest BCUT2D eigenvalue weighted by Gasteiger charge is 2.40. The zero-order valence-electron chi connectivity index (χ0n) is 11.6. The molecule has 108 valence electrons. The number of oxime groups is 1. The van der Waals surface area contributed by atoms with Crippen molar-refractivity contribution >= 4 is 11.7 Å². The second-order valence-corrected chi connectivity index (χ2v) is 5.23. The minimum atomic E-state index is -0.540. The van der Waals surface area contributed by atoms with Crippen molar-refractivity contribution in [3.8, 4) is 0 Å². The summed E-state index contributed by atoms with van der Waals surface area (Å²) in [6.07, 6.45) is 2.34. The Bertz CT molecular complexity index is 487. The number of nitrogens with one attached hydrogen (secondary N) is 1. The van der Waals surface area contributed by atoms with Crippen molar-refractivity contribution in [1.29, 1.82) is 0 Å². The normalized spacial score (nSPS) is 23.1. The van der Waals surface area contributed by atoms with Crippen molar-refractivity contribution in [2.75, 3.05) is 0 Å². The molecule has 0 saturated heterocycles. The van der Waals surface area contributed by atoms with Crippen LogP contribution in [0.4, 0.5) is 0 Å². The number of nitrogens with zero attached hydrogens (tertiary/aromatic N) is 1. The molecule has 0 aliphatic heterocycles. The average Bonchev–Trinajstić information content (AvgIpc) is 3.24. The van der Waals surface area contributed by atoms with Crippen molar-refractivity contribution in [2.24, 2.45) is 16.8 Å². The van der Waals surface area contributed by atoms with Crippen LogP contribution in [0, 0.1) is 5.92 Å². The van der Waals surface area contributed by atoms with Crippen LogP contribution < -0.4 is 11.1 Å². The monoisotopic (exact) mass is 275 g/mol. The Labute approximate surface area is 118 Å². The summed E-state index contributed by atoms with van der Waals surface area (Å²) in [5.74, 6) is -0.316. The Morgan fingerprint density at radius 2 is 2.20 bits per heavy atom. The maximum absolute atomic E-state index is 12.2. The van der Waals surface area contributed by atoms with Crippen molar-refractivity contribution in [3.05, 3.63) is 35.9 Å². The van der Waals surface area contributed by atoms with E-state index in [0.29, 0.717) is 12.3 Å². The lowest BCUT2D eigenvalue weighted by Crippen LogP contribution is -2.40. The predicted octanol–water partition coefficient (Wildman–Crippen LogP) is 1.82. The third-order valence-corrected chi connectivity index (χ3v) is 3.71. The molecule has 0 aromatic heterocycles. The molecule has 5 heteroatoms. The molecule has 1 aromatic carbocycles. The van der Waals surface area contributed by atoms with Gasteiger partial charge >= 0.3 is 0 Å². The largest absolute Gasteiger partial charge is 0.409 e. The van der Waals surface area contributed by atoms with Crippen LogP contribution in [0.25, 0.3) is 0 Å². The van der Waals surface area contributed by atoms with E-state index in [9.17, 15) is 4.79 Å². The molecule has 0 bridgehead atoms. The van der Waals surface area contributed by atoms with Gasteiger partial charge in [-0.15, -0.1) is 0 Å². The van der Waals surface area contributed by atoms with Gasteiger partial charge in [0.15, 0.2) is 5.84 Å². The van der Waals surface area contributed by atoms with Gasteiger partial charge in [0.2, 0.25) is 5.91 Å². The zero-order valence-corrected chi connectivity index (χ0v) is 11.6. The zero-order chi connectivity index (χ0) is 14.5. The predicted molar refractivity (Wildman–Crippen MR) is 77.5 cm³/mol. The molecule has 0 spiro atoms. The summed E-state index contributed by atoms with van der Waals surface area (Å²) in [5.41, 5.74) is 6.83. The number of hydrogen-bond donors (Lipinski definition) is 3. The van der Waals surface area contributed by atoms with Crippen LogP contribution in [-0.2, 0) is 4.79 Å². The number of carbonyl (C=O) groups is 1. The van der Waals surface area contributed by atoms with Gasteiger partial charge in [-0.1, -0.05) is 48.8 Å². The fourth-order valence-corrected chi connectivity index (χ4v) is 2.48. The van der Waals surface area contributed by atoms with E-state index in [2.05, 4.69) is 22.6 Å². The fraction of sp³-hybridized carbons (Fsp3) is 0.467. The smallest absolute Gasteiger partial charge is 0.231 e. The first-order valence-electron chi connectivity index (χ1n) is 7.00. The van der Waals surface area contributed by atoms with E-state index in [1.807, 2.05) is 25.1 Å². The summed E-state index contributed by atoms with van der Waals surface area (Å²) in [5, 5.41) is 14.7. The first kappa shape index (κ1) is 14.4. The maximum Gasteiger partial charge on any atom is 0.231 e. The molecule has 0 heterocycles. The molecular formula is C15H21N3O2. The maximum atomic E-state index is 12.2. The second-order valence-electron chi connectivity index (χ2n) is 5.23. The molecule has 3 unspecified atom stereocenters. The van der Waals surface area contributed by atoms with Crippen molar-refractivity contribution in [1.82, 2.24) is 5.32 Å². The summed E-state index contributed by atoms with van der Waals surface area (Å²) < 4.78 is 0. The molecule has 2 rings (SSSR count). The molecule has 20 heavy (non-hydrogen) atoms.